The van der Waals surface area contributed by atoms with E-state index in [1.165, 1.54) is 25.3 Å². The Bertz CT molecular complexity index is 828. The van der Waals surface area contributed by atoms with Crippen LogP contribution >= 0.6 is 11.8 Å². The molecule has 140 valence electrons. The van der Waals surface area contributed by atoms with Crippen LogP contribution < -0.4 is 5.32 Å². The number of hydrogen-bond donors (Lipinski definition) is 1. The zero-order valence-corrected chi connectivity index (χ0v) is 15.7. The zero-order chi connectivity index (χ0) is 19.6. The molecule has 7 heteroatoms. The Balaban J connectivity index is 1.79. The number of carbonyl (C=O) groups excluding carboxylic acids is 3. The first kappa shape index (κ1) is 20.3. The zero-order valence-electron chi connectivity index (χ0n) is 14.9. The normalized spacial score (nSPS) is 10.4. The summed E-state index contributed by atoms with van der Waals surface area (Å²) in [5.41, 5.74) is 1.71. The molecule has 0 heterocycles. The largest absolute Gasteiger partial charge is 0.465 e. The maximum atomic E-state index is 11.8. The van der Waals surface area contributed by atoms with E-state index in [2.05, 4.69) is 10.1 Å². The van der Waals surface area contributed by atoms with Crippen LogP contribution in [0.1, 0.15) is 15.9 Å². The van der Waals surface area contributed by atoms with E-state index in [9.17, 15) is 14.4 Å². The van der Waals surface area contributed by atoms with Crippen molar-refractivity contribution in [1.29, 1.82) is 0 Å². The number of amides is 1. The Morgan fingerprint density at radius 1 is 1.04 bits per heavy atom. The molecule has 0 aromatic heterocycles. The monoisotopic (exact) mass is 385 g/mol. The molecule has 0 aliphatic carbocycles. The minimum Gasteiger partial charge on any atom is -0.465 e. The second kappa shape index (κ2) is 10.2. The molecule has 0 atom stereocenters. The highest BCUT2D eigenvalue weighted by Gasteiger charge is 2.08. The van der Waals surface area contributed by atoms with Crippen LogP contribution in [0.15, 0.2) is 59.5 Å². The number of esters is 2. The molecule has 0 aliphatic rings. The second-order valence-electron chi connectivity index (χ2n) is 5.33. The topological polar surface area (TPSA) is 81.7 Å². The van der Waals surface area contributed by atoms with Crippen molar-refractivity contribution in [2.45, 2.75) is 4.90 Å². The summed E-state index contributed by atoms with van der Waals surface area (Å²) < 4.78 is 9.50. The second-order valence-corrected chi connectivity index (χ2v) is 6.21. The maximum absolute atomic E-state index is 11.8. The van der Waals surface area contributed by atoms with Gasteiger partial charge in [0.05, 0.1) is 12.7 Å². The summed E-state index contributed by atoms with van der Waals surface area (Å²) in [5.74, 6) is -1.55. The fourth-order valence-electron chi connectivity index (χ4n) is 2.07. The van der Waals surface area contributed by atoms with E-state index in [0.29, 0.717) is 11.3 Å². The first-order chi connectivity index (χ1) is 13.0. The first-order valence-corrected chi connectivity index (χ1v) is 9.21. The summed E-state index contributed by atoms with van der Waals surface area (Å²) >= 11 is 1.63. The van der Waals surface area contributed by atoms with E-state index in [1.807, 2.05) is 30.5 Å². The number of anilines is 1. The van der Waals surface area contributed by atoms with Crippen molar-refractivity contribution in [1.82, 2.24) is 0 Å². The molecule has 2 aromatic carbocycles. The van der Waals surface area contributed by atoms with Crippen LogP contribution in [0.4, 0.5) is 5.69 Å². The molecule has 0 spiro atoms. The van der Waals surface area contributed by atoms with Crippen molar-refractivity contribution < 1.29 is 23.9 Å². The smallest absolute Gasteiger partial charge is 0.337 e. The summed E-state index contributed by atoms with van der Waals surface area (Å²) in [5, 5.41) is 2.57. The van der Waals surface area contributed by atoms with Crippen LogP contribution in [0.2, 0.25) is 0 Å². The summed E-state index contributed by atoms with van der Waals surface area (Å²) in [6.45, 7) is -0.409. The van der Waals surface area contributed by atoms with E-state index >= 15 is 0 Å². The summed E-state index contributed by atoms with van der Waals surface area (Å²) in [4.78, 5) is 36.0. The molecule has 2 rings (SSSR count). The number of benzene rings is 2. The Morgan fingerprint density at radius 3 is 2.30 bits per heavy atom. The summed E-state index contributed by atoms with van der Waals surface area (Å²) in [6, 6.07) is 13.9. The Morgan fingerprint density at radius 2 is 1.70 bits per heavy atom. The highest BCUT2D eigenvalue weighted by molar-refractivity contribution is 7.98. The van der Waals surface area contributed by atoms with Gasteiger partial charge in [0.15, 0.2) is 6.61 Å². The number of carbonyl (C=O) groups is 3. The van der Waals surface area contributed by atoms with Crippen LogP contribution in [0.5, 0.6) is 0 Å². The molecule has 0 radical (unpaired) electrons. The van der Waals surface area contributed by atoms with E-state index in [-0.39, 0.29) is 0 Å². The minimum absolute atomic E-state index is 0.373. The number of thioether (sulfide) groups is 1. The van der Waals surface area contributed by atoms with Crippen LogP contribution in [0.3, 0.4) is 0 Å². The molecular formula is C20H19NO5S. The van der Waals surface area contributed by atoms with Gasteiger partial charge in [-0.15, -0.1) is 11.8 Å². The third kappa shape index (κ3) is 6.63. The van der Waals surface area contributed by atoms with Gasteiger partial charge in [-0.25, -0.2) is 9.59 Å². The number of ether oxygens (including phenoxy) is 2. The molecular weight excluding hydrogens is 366 g/mol. The standard InChI is InChI=1S/C20H19NO5S/c1-25-20(24)15-6-8-16(9-7-15)21-18(22)13-26-19(23)12-5-14-3-10-17(27-2)11-4-14/h3-12H,13H2,1-2H3,(H,21,22)/b12-5+. The fourth-order valence-corrected chi connectivity index (χ4v) is 2.48. The average molecular weight is 385 g/mol. The van der Waals surface area contributed by atoms with Gasteiger partial charge in [-0.1, -0.05) is 12.1 Å². The van der Waals surface area contributed by atoms with Crippen LogP contribution in [-0.2, 0) is 19.1 Å². The SMILES string of the molecule is COC(=O)c1ccc(NC(=O)COC(=O)/C=C/c2ccc(SC)cc2)cc1. The van der Waals surface area contributed by atoms with Gasteiger partial charge in [-0.05, 0) is 54.3 Å². The summed E-state index contributed by atoms with van der Waals surface area (Å²) in [6.07, 6.45) is 4.88. The summed E-state index contributed by atoms with van der Waals surface area (Å²) in [7, 11) is 1.29. The van der Waals surface area contributed by atoms with E-state index in [1.54, 1.807) is 30.0 Å². The van der Waals surface area contributed by atoms with Crippen molar-refractivity contribution in [3.05, 3.63) is 65.7 Å². The minimum atomic E-state index is -0.611. The van der Waals surface area contributed by atoms with Gasteiger partial charge in [0.2, 0.25) is 0 Å². The van der Waals surface area contributed by atoms with Crippen LogP contribution in [-0.4, -0.2) is 37.8 Å². The lowest BCUT2D eigenvalue weighted by Crippen LogP contribution is -2.20. The van der Waals surface area contributed by atoms with Crippen molar-refractivity contribution in [3.8, 4) is 0 Å². The molecule has 0 bridgehead atoms. The fraction of sp³-hybridized carbons (Fsp3) is 0.150. The first-order valence-electron chi connectivity index (χ1n) is 7.99. The lowest BCUT2D eigenvalue weighted by molar-refractivity contribution is -0.142. The highest BCUT2D eigenvalue weighted by atomic mass is 32.2. The number of hydrogen-bond acceptors (Lipinski definition) is 6. The van der Waals surface area contributed by atoms with E-state index in [4.69, 9.17) is 4.74 Å². The quantitative estimate of drug-likeness (QED) is 0.447. The van der Waals surface area contributed by atoms with Crippen LogP contribution in [0, 0.1) is 0 Å². The predicted molar refractivity (Wildman–Crippen MR) is 105 cm³/mol. The molecule has 6 nitrogen and oxygen atoms in total. The van der Waals surface area contributed by atoms with Gasteiger partial charge in [0.25, 0.3) is 5.91 Å². The molecule has 0 saturated carbocycles. The van der Waals surface area contributed by atoms with Crippen molar-refractivity contribution in [3.63, 3.8) is 0 Å². The molecule has 2 aromatic rings. The van der Waals surface area contributed by atoms with Crippen molar-refractivity contribution >= 4 is 41.4 Å². The van der Waals surface area contributed by atoms with E-state index < -0.39 is 24.5 Å². The van der Waals surface area contributed by atoms with Crippen molar-refractivity contribution in [2.75, 3.05) is 25.3 Å². The molecule has 1 N–H and O–H groups in total. The third-order valence-electron chi connectivity index (χ3n) is 3.46. The number of rotatable bonds is 7. The lowest BCUT2D eigenvalue weighted by atomic mass is 10.2. The predicted octanol–water partition coefficient (Wildman–Crippen LogP) is 3.39. The molecule has 0 unspecified atom stereocenters. The molecule has 0 fully saturated rings. The van der Waals surface area contributed by atoms with Crippen LogP contribution in [0.25, 0.3) is 6.08 Å². The third-order valence-corrected chi connectivity index (χ3v) is 4.21. The molecule has 0 aliphatic heterocycles. The van der Waals surface area contributed by atoms with Gasteiger partial charge in [-0.3, -0.25) is 4.79 Å². The molecule has 27 heavy (non-hydrogen) atoms. The van der Waals surface area contributed by atoms with Gasteiger partial charge in [-0.2, -0.15) is 0 Å². The molecule has 1 amide bonds. The van der Waals surface area contributed by atoms with Crippen molar-refractivity contribution in [2.24, 2.45) is 0 Å². The Kier molecular flexibility index (Phi) is 7.63. The number of methoxy groups -OCH3 is 1. The van der Waals surface area contributed by atoms with Gasteiger partial charge in [0, 0.05) is 16.7 Å². The van der Waals surface area contributed by atoms with Gasteiger partial charge in [0.1, 0.15) is 0 Å². The Labute approximate surface area is 161 Å². The molecule has 0 saturated heterocycles. The lowest BCUT2D eigenvalue weighted by Gasteiger charge is -2.06. The van der Waals surface area contributed by atoms with Gasteiger partial charge >= 0.3 is 11.9 Å². The highest BCUT2D eigenvalue weighted by Crippen LogP contribution is 2.15. The Hall–Kier alpha value is -3.06. The van der Waals surface area contributed by atoms with Gasteiger partial charge < -0.3 is 14.8 Å². The average Bonchev–Trinajstić information content (AvgIpc) is 2.71. The van der Waals surface area contributed by atoms with E-state index in [0.717, 1.165) is 10.5 Å². The maximum Gasteiger partial charge on any atom is 0.337 e. The number of nitrogens with one attached hydrogen (secondary N) is 1.